The average molecular weight is 348 g/mol. The zero-order chi connectivity index (χ0) is 18.1. The SMILES string of the molecule is COc1cc2cc(-c3cn(-c4ccccc4)nn3)c(=O)[nH]c2cc1OC. The molecular formula is C19H16N4O3. The van der Waals surface area contributed by atoms with Gasteiger partial charge < -0.3 is 14.5 Å². The molecule has 0 amide bonds. The van der Waals surface area contributed by atoms with E-state index >= 15 is 0 Å². The normalized spacial score (nSPS) is 10.8. The fraction of sp³-hybridized carbons (Fsp3) is 0.105. The molecule has 130 valence electrons. The van der Waals surface area contributed by atoms with Gasteiger partial charge in [-0.2, -0.15) is 0 Å². The Morgan fingerprint density at radius 2 is 1.73 bits per heavy atom. The van der Waals surface area contributed by atoms with Gasteiger partial charge in [0.1, 0.15) is 5.69 Å². The van der Waals surface area contributed by atoms with E-state index < -0.39 is 0 Å². The van der Waals surface area contributed by atoms with Crippen molar-refractivity contribution in [1.82, 2.24) is 20.0 Å². The fourth-order valence-corrected chi connectivity index (χ4v) is 2.82. The summed E-state index contributed by atoms with van der Waals surface area (Å²) in [6, 6.07) is 14.9. The molecule has 0 fully saturated rings. The zero-order valence-electron chi connectivity index (χ0n) is 14.3. The van der Waals surface area contributed by atoms with Crippen molar-refractivity contribution in [2.75, 3.05) is 14.2 Å². The van der Waals surface area contributed by atoms with Gasteiger partial charge in [-0.25, -0.2) is 4.68 Å². The highest BCUT2D eigenvalue weighted by molar-refractivity contribution is 5.86. The van der Waals surface area contributed by atoms with Crippen LogP contribution in [0.3, 0.4) is 0 Å². The second-order valence-corrected chi connectivity index (χ2v) is 5.69. The van der Waals surface area contributed by atoms with Crippen LogP contribution in [-0.4, -0.2) is 34.2 Å². The molecule has 0 unspecified atom stereocenters. The molecule has 2 aromatic heterocycles. The number of hydrogen-bond acceptors (Lipinski definition) is 5. The zero-order valence-corrected chi connectivity index (χ0v) is 14.3. The van der Waals surface area contributed by atoms with Crippen molar-refractivity contribution < 1.29 is 9.47 Å². The van der Waals surface area contributed by atoms with E-state index in [1.54, 1.807) is 37.2 Å². The third kappa shape index (κ3) is 2.69. The van der Waals surface area contributed by atoms with E-state index in [2.05, 4.69) is 15.3 Å². The molecule has 0 spiro atoms. The number of aromatic amines is 1. The summed E-state index contributed by atoms with van der Waals surface area (Å²) in [5.74, 6) is 1.14. The highest BCUT2D eigenvalue weighted by atomic mass is 16.5. The molecule has 0 bridgehead atoms. The highest BCUT2D eigenvalue weighted by Crippen LogP contribution is 2.31. The Morgan fingerprint density at radius 3 is 2.46 bits per heavy atom. The quantitative estimate of drug-likeness (QED) is 0.613. The van der Waals surface area contributed by atoms with Crippen molar-refractivity contribution in [1.29, 1.82) is 0 Å². The second kappa shape index (κ2) is 6.36. The van der Waals surface area contributed by atoms with Gasteiger partial charge in [0, 0.05) is 11.5 Å². The summed E-state index contributed by atoms with van der Waals surface area (Å²) in [6.45, 7) is 0. The number of methoxy groups -OCH3 is 2. The lowest BCUT2D eigenvalue weighted by Crippen LogP contribution is -2.09. The molecule has 7 heteroatoms. The van der Waals surface area contributed by atoms with Gasteiger partial charge in [-0.05, 0) is 24.3 Å². The molecule has 2 aromatic carbocycles. The van der Waals surface area contributed by atoms with E-state index in [4.69, 9.17) is 9.47 Å². The van der Waals surface area contributed by atoms with Crippen LogP contribution in [0.2, 0.25) is 0 Å². The van der Waals surface area contributed by atoms with Crippen LogP contribution in [0, 0.1) is 0 Å². The number of pyridine rings is 1. The number of para-hydroxylation sites is 1. The Balaban J connectivity index is 1.83. The lowest BCUT2D eigenvalue weighted by atomic mass is 10.1. The molecule has 1 N–H and O–H groups in total. The standard InChI is InChI=1S/C19H16N4O3/c1-25-17-9-12-8-14(19(24)20-15(12)10-18(17)26-2)16-11-23(22-21-16)13-6-4-3-5-7-13/h3-11H,1-2H3,(H,20,24). The van der Waals surface area contributed by atoms with Crippen molar-refractivity contribution in [3.63, 3.8) is 0 Å². The minimum atomic E-state index is -0.246. The second-order valence-electron chi connectivity index (χ2n) is 5.69. The first kappa shape index (κ1) is 15.9. The first-order chi connectivity index (χ1) is 12.7. The Bertz CT molecular complexity index is 1130. The Morgan fingerprint density at radius 1 is 1.00 bits per heavy atom. The third-order valence-corrected chi connectivity index (χ3v) is 4.14. The fourth-order valence-electron chi connectivity index (χ4n) is 2.82. The van der Waals surface area contributed by atoms with Crippen molar-refractivity contribution in [3.05, 3.63) is 65.1 Å². The van der Waals surface area contributed by atoms with Crippen LogP contribution in [0.15, 0.2) is 59.5 Å². The van der Waals surface area contributed by atoms with Crippen LogP contribution in [0.25, 0.3) is 27.8 Å². The number of aromatic nitrogens is 4. The van der Waals surface area contributed by atoms with Crippen LogP contribution in [0.1, 0.15) is 0 Å². The predicted octanol–water partition coefficient (Wildman–Crippen LogP) is 2.79. The Kier molecular flexibility index (Phi) is 3.89. The van der Waals surface area contributed by atoms with Gasteiger partial charge in [0.2, 0.25) is 0 Å². The molecule has 0 atom stereocenters. The van der Waals surface area contributed by atoms with E-state index in [9.17, 15) is 4.79 Å². The van der Waals surface area contributed by atoms with Gasteiger partial charge in [0.15, 0.2) is 11.5 Å². The van der Waals surface area contributed by atoms with E-state index in [1.165, 1.54) is 0 Å². The maximum absolute atomic E-state index is 12.5. The molecule has 0 radical (unpaired) electrons. The van der Waals surface area contributed by atoms with Gasteiger partial charge >= 0.3 is 0 Å². The van der Waals surface area contributed by atoms with Crippen molar-refractivity contribution in [2.45, 2.75) is 0 Å². The van der Waals surface area contributed by atoms with E-state index in [0.717, 1.165) is 11.1 Å². The topological polar surface area (TPSA) is 82.0 Å². The summed E-state index contributed by atoms with van der Waals surface area (Å²) in [7, 11) is 3.12. The van der Waals surface area contributed by atoms with Crippen LogP contribution in [0.4, 0.5) is 0 Å². The van der Waals surface area contributed by atoms with Gasteiger partial charge in [0.25, 0.3) is 5.56 Å². The van der Waals surface area contributed by atoms with Crippen LogP contribution in [-0.2, 0) is 0 Å². The molecule has 0 saturated heterocycles. The molecule has 4 aromatic rings. The molecule has 4 rings (SSSR count). The molecular weight excluding hydrogens is 332 g/mol. The van der Waals surface area contributed by atoms with Crippen molar-refractivity contribution in [3.8, 4) is 28.4 Å². The number of nitrogens with one attached hydrogen (secondary N) is 1. The first-order valence-electron chi connectivity index (χ1n) is 7.97. The van der Waals surface area contributed by atoms with Gasteiger partial charge in [-0.15, -0.1) is 5.10 Å². The number of benzene rings is 2. The molecule has 0 aliphatic rings. The number of fused-ring (bicyclic) bond motifs is 1. The molecule has 0 aliphatic heterocycles. The maximum Gasteiger partial charge on any atom is 0.258 e. The summed E-state index contributed by atoms with van der Waals surface area (Å²) in [5.41, 5.74) is 2.21. The predicted molar refractivity (Wildman–Crippen MR) is 98.0 cm³/mol. The minimum absolute atomic E-state index is 0.246. The molecule has 0 aliphatic carbocycles. The highest BCUT2D eigenvalue weighted by Gasteiger charge is 2.13. The van der Waals surface area contributed by atoms with Crippen LogP contribution in [0.5, 0.6) is 11.5 Å². The summed E-state index contributed by atoms with van der Waals surface area (Å²) in [6.07, 6.45) is 1.73. The molecule has 0 saturated carbocycles. The van der Waals surface area contributed by atoms with Crippen molar-refractivity contribution >= 4 is 10.9 Å². The average Bonchev–Trinajstić information content (AvgIpc) is 3.17. The minimum Gasteiger partial charge on any atom is -0.493 e. The number of nitrogens with zero attached hydrogens (tertiary/aromatic N) is 3. The summed E-state index contributed by atoms with van der Waals surface area (Å²) < 4.78 is 12.2. The van der Waals surface area contributed by atoms with Gasteiger partial charge in [-0.1, -0.05) is 23.4 Å². The van der Waals surface area contributed by atoms with E-state index in [0.29, 0.717) is 28.3 Å². The van der Waals surface area contributed by atoms with E-state index in [1.807, 2.05) is 36.4 Å². The lowest BCUT2D eigenvalue weighted by molar-refractivity contribution is 0.356. The Labute approximate surface area is 148 Å². The lowest BCUT2D eigenvalue weighted by Gasteiger charge is -2.09. The van der Waals surface area contributed by atoms with Gasteiger partial charge in [0.05, 0.1) is 37.2 Å². The summed E-state index contributed by atoms with van der Waals surface area (Å²) in [4.78, 5) is 15.4. The summed E-state index contributed by atoms with van der Waals surface area (Å²) >= 11 is 0. The maximum atomic E-state index is 12.5. The van der Waals surface area contributed by atoms with Crippen LogP contribution < -0.4 is 15.0 Å². The smallest absolute Gasteiger partial charge is 0.258 e. The number of rotatable bonds is 4. The van der Waals surface area contributed by atoms with Gasteiger partial charge in [-0.3, -0.25) is 4.79 Å². The molecule has 7 nitrogen and oxygen atoms in total. The van der Waals surface area contributed by atoms with E-state index in [-0.39, 0.29) is 5.56 Å². The number of ether oxygens (including phenoxy) is 2. The largest absolute Gasteiger partial charge is 0.493 e. The van der Waals surface area contributed by atoms with Crippen LogP contribution >= 0.6 is 0 Å². The molecule has 2 heterocycles. The number of H-pyrrole nitrogens is 1. The molecule has 26 heavy (non-hydrogen) atoms. The monoisotopic (exact) mass is 348 g/mol. The third-order valence-electron chi connectivity index (χ3n) is 4.14. The van der Waals surface area contributed by atoms with Crippen molar-refractivity contribution in [2.24, 2.45) is 0 Å². The summed E-state index contributed by atoms with van der Waals surface area (Å²) in [5, 5.41) is 9.07. The first-order valence-corrected chi connectivity index (χ1v) is 7.97. The Hall–Kier alpha value is -3.61. The number of hydrogen-bond donors (Lipinski definition) is 1.